The van der Waals surface area contributed by atoms with Gasteiger partial charge >= 0.3 is 5.69 Å². The number of aromatic nitrogens is 5. The molecule has 1 unspecified atom stereocenters. The molecule has 6 rings (SSSR count). The van der Waals surface area contributed by atoms with Crippen molar-refractivity contribution in [3.8, 4) is 28.4 Å². The number of rotatable bonds is 4. The summed E-state index contributed by atoms with van der Waals surface area (Å²) in [5.41, 5.74) is 0.606. The summed E-state index contributed by atoms with van der Waals surface area (Å²) in [6.45, 7) is 2.88. The van der Waals surface area contributed by atoms with Crippen LogP contribution in [0.5, 0.6) is 5.75 Å². The van der Waals surface area contributed by atoms with E-state index in [0.717, 1.165) is 19.4 Å². The number of anilines is 1. The number of benzene rings is 1. The third kappa shape index (κ3) is 3.53. The summed E-state index contributed by atoms with van der Waals surface area (Å²) in [4.78, 5) is 23.9. The summed E-state index contributed by atoms with van der Waals surface area (Å²) in [6, 6.07) is 8.23. The Morgan fingerprint density at radius 2 is 2.00 bits per heavy atom. The maximum Gasteiger partial charge on any atom is 0.350 e. The molecule has 1 N–H and O–H groups in total. The van der Waals surface area contributed by atoms with Gasteiger partial charge in [-0.3, -0.25) is 9.47 Å². The minimum absolute atomic E-state index is 0.0263. The highest BCUT2D eigenvalue weighted by Crippen LogP contribution is 2.46. The van der Waals surface area contributed by atoms with Crippen molar-refractivity contribution in [3.63, 3.8) is 0 Å². The fourth-order valence-electron chi connectivity index (χ4n) is 5.29. The van der Waals surface area contributed by atoms with E-state index in [1.54, 1.807) is 31.3 Å². The molecule has 0 spiro atoms. The largest absolute Gasteiger partial charge is 0.507 e. The van der Waals surface area contributed by atoms with Crippen molar-refractivity contribution in [1.82, 2.24) is 29.6 Å². The van der Waals surface area contributed by atoms with Gasteiger partial charge < -0.3 is 10.0 Å². The number of aryl methyl sites for hydroxylation is 1. The molecule has 9 nitrogen and oxygen atoms in total. The van der Waals surface area contributed by atoms with E-state index in [1.807, 2.05) is 25.9 Å². The summed E-state index contributed by atoms with van der Waals surface area (Å²) < 4.78 is 16.8. The molecular weight excluding hydrogens is 437 g/mol. The summed E-state index contributed by atoms with van der Waals surface area (Å²) in [5, 5.41) is 19.3. The van der Waals surface area contributed by atoms with Gasteiger partial charge in [-0.2, -0.15) is 4.98 Å². The summed E-state index contributed by atoms with van der Waals surface area (Å²) in [7, 11) is 5.45. The molecule has 3 fully saturated rings. The van der Waals surface area contributed by atoms with Gasteiger partial charge in [-0.05, 0) is 57.0 Å². The lowest BCUT2D eigenvalue weighted by atomic mass is 9.67. The zero-order valence-electron chi connectivity index (χ0n) is 19.7. The smallest absolute Gasteiger partial charge is 0.350 e. The first-order valence-corrected chi connectivity index (χ1v) is 11.3. The van der Waals surface area contributed by atoms with Gasteiger partial charge in [0.15, 0.2) is 11.6 Å². The van der Waals surface area contributed by atoms with Gasteiger partial charge in [0.05, 0.1) is 17.3 Å². The Labute approximate surface area is 196 Å². The number of hydrogen-bond acceptors (Lipinski definition) is 8. The molecule has 2 aromatic heterocycles. The van der Waals surface area contributed by atoms with E-state index in [9.17, 15) is 9.90 Å². The lowest BCUT2D eigenvalue weighted by Crippen LogP contribution is -2.70. The van der Waals surface area contributed by atoms with Gasteiger partial charge in [-0.15, -0.1) is 10.2 Å². The Balaban J connectivity index is 1.38. The number of halogens is 1. The second kappa shape index (κ2) is 8.12. The second-order valence-corrected chi connectivity index (χ2v) is 9.62. The van der Waals surface area contributed by atoms with Crippen LogP contribution in [0, 0.1) is 5.92 Å². The van der Waals surface area contributed by atoms with Crippen molar-refractivity contribution in [2.24, 2.45) is 13.0 Å². The maximum absolute atomic E-state index is 15.5. The minimum atomic E-state index is -0.981. The van der Waals surface area contributed by atoms with Crippen molar-refractivity contribution in [1.29, 1.82) is 0 Å². The molecule has 3 aliphatic rings. The van der Waals surface area contributed by atoms with Gasteiger partial charge in [0.2, 0.25) is 0 Å². The molecule has 4 heterocycles. The van der Waals surface area contributed by atoms with Crippen LogP contribution in [0.25, 0.3) is 22.6 Å². The lowest BCUT2D eigenvalue weighted by Gasteiger charge is -2.58. The Hall–Kier alpha value is -3.40. The molecule has 2 aliphatic heterocycles. The first kappa shape index (κ1) is 22.4. The van der Waals surface area contributed by atoms with Crippen molar-refractivity contribution in [2.45, 2.75) is 37.5 Å². The SMILES string of the molecule is CN(c1ccc(-c2ccc(-c3ncn(C)c(=O)n3)cc2O)nn1)[C@@H]1C2CC[C@](C)([C@@H]1F)N(C)C2. The molecule has 0 amide bonds. The highest BCUT2D eigenvalue weighted by atomic mass is 19.1. The molecule has 1 aliphatic carbocycles. The number of fused-ring (bicyclic) bond motifs is 3. The predicted molar refractivity (Wildman–Crippen MR) is 126 cm³/mol. The Morgan fingerprint density at radius 3 is 2.65 bits per heavy atom. The summed E-state index contributed by atoms with van der Waals surface area (Å²) >= 11 is 0. The molecule has 4 atom stereocenters. The molecule has 0 radical (unpaired) electrons. The Kier molecular flexibility index (Phi) is 5.35. The molecule has 1 saturated carbocycles. The first-order chi connectivity index (χ1) is 16.2. The van der Waals surface area contributed by atoms with Gasteiger partial charge in [0, 0.05) is 31.8 Å². The van der Waals surface area contributed by atoms with Crippen molar-refractivity contribution in [3.05, 3.63) is 47.1 Å². The average molecular weight is 466 g/mol. The fraction of sp³-hybridized carbons (Fsp3) is 0.458. The highest BCUT2D eigenvalue weighted by molar-refractivity contribution is 5.72. The van der Waals surface area contributed by atoms with Crippen molar-refractivity contribution >= 4 is 5.82 Å². The Morgan fingerprint density at radius 1 is 1.21 bits per heavy atom. The van der Waals surface area contributed by atoms with Crippen LogP contribution in [-0.4, -0.2) is 73.1 Å². The lowest BCUT2D eigenvalue weighted by molar-refractivity contribution is -0.0816. The number of phenolic OH excluding ortho intramolecular Hbond substituents is 1. The molecule has 2 saturated heterocycles. The van der Waals surface area contributed by atoms with E-state index < -0.39 is 17.4 Å². The van der Waals surface area contributed by atoms with Gasteiger partial charge in [-0.25, -0.2) is 14.2 Å². The van der Waals surface area contributed by atoms with E-state index in [-0.39, 0.29) is 23.5 Å². The third-order valence-electron chi connectivity index (χ3n) is 7.63. The maximum atomic E-state index is 15.5. The first-order valence-electron chi connectivity index (χ1n) is 11.3. The monoisotopic (exact) mass is 465 g/mol. The van der Waals surface area contributed by atoms with E-state index in [1.165, 1.54) is 17.0 Å². The molecule has 178 valence electrons. The van der Waals surface area contributed by atoms with Crippen LogP contribution in [-0.2, 0) is 7.05 Å². The molecule has 3 aromatic rings. The molecule has 1 aromatic carbocycles. The van der Waals surface area contributed by atoms with Crippen LogP contribution in [0.15, 0.2) is 41.5 Å². The van der Waals surface area contributed by atoms with Crippen molar-refractivity contribution in [2.75, 3.05) is 25.5 Å². The summed E-state index contributed by atoms with van der Waals surface area (Å²) in [5.74, 6) is 1.04. The topological polar surface area (TPSA) is 100 Å². The second-order valence-electron chi connectivity index (χ2n) is 9.62. The molecule has 34 heavy (non-hydrogen) atoms. The van der Waals surface area contributed by atoms with E-state index >= 15 is 4.39 Å². The number of alkyl halides is 1. The Bertz CT molecular complexity index is 1280. The van der Waals surface area contributed by atoms with Crippen LogP contribution < -0.4 is 10.6 Å². The molecular formula is C24H28FN7O2. The highest BCUT2D eigenvalue weighted by Gasteiger charge is 2.55. The van der Waals surface area contributed by atoms with Crippen LogP contribution in [0.2, 0.25) is 0 Å². The number of piperidine rings is 2. The number of phenols is 1. The quantitative estimate of drug-likeness (QED) is 0.626. The van der Waals surface area contributed by atoms with Crippen molar-refractivity contribution < 1.29 is 9.50 Å². The molecule has 2 bridgehead atoms. The fourth-order valence-corrected chi connectivity index (χ4v) is 5.29. The van der Waals surface area contributed by atoms with Gasteiger partial charge in [-0.1, -0.05) is 6.07 Å². The van der Waals surface area contributed by atoms with Gasteiger partial charge in [0.1, 0.15) is 18.2 Å². The zero-order chi connectivity index (χ0) is 24.2. The normalized spacial score (nSPS) is 26.6. The minimum Gasteiger partial charge on any atom is -0.507 e. The molecule has 10 heteroatoms. The van der Waals surface area contributed by atoms with Crippen LogP contribution in [0.4, 0.5) is 10.2 Å². The van der Waals surface area contributed by atoms with E-state index in [0.29, 0.717) is 22.6 Å². The number of nitrogens with zero attached hydrogens (tertiary/aromatic N) is 7. The zero-order valence-corrected chi connectivity index (χ0v) is 19.7. The predicted octanol–water partition coefficient (Wildman–Crippen LogP) is 2.26. The number of hydrogen-bond donors (Lipinski definition) is 1. The standard InChI is InChI=1S/C24H28FN7O2/c1-24-10-9-15(12-31(24)3)20(21(24)25)32(4)19-8-7-17(28-29-19)16-6-5-14(11-18(16)33)22-26-13-30(2)23(34)27-22/h5-8,11,13,15,20-21,33H,9-10,12H2,1-4H3/t15?,20-,21-,24-/m1/s1. The van der Waals surface area contributed by atoms with Gasteiger partial charge in [0.25, 0.3) is 0 Å². The van der Waals surface area contributed by atoms with Crippen LogP contribution >= 0.6 is 0 Å². The third-order valence-corrected chi connectivity index (χ3v) is 7.63. The van der Waals surface area contributed by atoms with E-state index in [4.69, 9.17) is 0 Å². The van der Waals surface area contributed by atoms with E-state index in [2.05, 4.69) is 25.1 Å². The summed E-state index contributed by atoms with van der Waals surface area (Å²) in [6.07, 6.45) is 2.26. The average Bonchev–Trinajstić information content (AvgIpc) is 2.82. The number of aromatic hydroxyl groups is 1. The van der Waals surface area contributed by atoms with Crippen LogP contribution in [0.3, 0.4) is 0 Å². The van der Waals surface area contributed by atoms with Crippen LogP contribution in [0.1, 0.15) is 19.8 Å².